The van der Waals surface area contributed by atoms with Crippen LogP contribution >= 0.6 is 11.3 Å². The maximum Gasteiger partial charge on any atom is 0.522 e. The second kappa shape index (κ2) is 5.02. The molecule has 0 radical (unpaired) electrons. The van der Waals surface area contributed by atoms with Gasteiger partial charge < -0.3 is 9.67 Å². The van der Waals surface area contributed by atoms with Gasteiger partial charge in [-0.3, -0.25) is 10.1 Å². The molecule has 8 heteroatoms. The second-order valence-electron chi connectivity index (χ2n) is 4.08. The number of aliphatic hydroxyl groups excluding tert-OH is 1. The summed E-state index contributed by atoms with van der Waals surface area (Å²) in [4.78, 5) is 1.02. The smallest absolute Gasteiger partial charge is 0.395 e. The summed E-state index contributed by atoms with van der Waals surface area (Å²) in [5.74, 6) is 0. The number of aromatic nitrogens is 1. The van der Waals surface area contributed by atoms with Gasteiger partial charge in [0.15, 0.2) is 4.80 Å². The van der Waals surface area contributed by atoms with Crippen LogP contribution in [0.4, 0.5) is 13.2 Å². The fourth-order valence-electron chi connectivity index (χ4n) is 2.17. The zero-order valence-electron chi connectivity index (χ0n) is 9.46. The molecule has 0 saturated heterocycles. The van der Waals surface area contributed by atoms with Crippen molar-refractivity contribution < 1.29 is 23.0 Å². The van der Waals surface area contributed by atoms with Crippen LogP contribution in [0.3, 0.4) is 0 Å². The van der Waals surface area contributed by atoms with Gasteiger partial charge in [0.1, 0.15) is 0 Å². The Bertz CT molecular complexity index is 480. The van der Waals surface area contributed by atoms with Crippen molar-refractivity contribution in [2.75, 3.05) is 6.61 Å². The van der Waals surface area contributed by atoms with E-state index in [1.807, 2.05) is 0 Å². The third-order valence-corrected chi connectivity index (χ3v) is 3.92. The van der Waals surface area contributed by atoms with Gasteiger partial charge >= 0.3 is 6.36 Å². The fraction of sp³-hybridized carbons (Fsp3) is 0.700. The number of alkyl halides is 3. The van der Waals surface area contributed by atoms with Crippen LogP contribution in [0.1, 0.15) is 17.0 Å². The Balaban J connectivity index is 2.16. The predicted molar refractivity (Wildman–Crippen MR) is 58.2 cm³/mol. The maximum absolute atomic E-state index is 12.1. The molecule has 1 heterocycles. The largest absolute Gasteiger partial charge is 0.522 e. The Morgan fingerprint density at radius 1 is 1.50 bits per heavy atom. The fourth-order valence-corrected chi connectivity index (χ4v) is 3.31. The van der Waals surface area contributed by atoms with E-state index in [2.05, 4.69) is 4.74 Å². The van der Waals surface area contributed by atoms with Gasteiger partial charge in [-0.05, 0) is 12.8 Å². The SMILES string of the molecule is N=c1sc2c(n1CCO)CCC(OC(F)(F)F)C2. The lowest BCUT2D eigenvalue weighted by molar-refractivity contribution is -0.343. The van der Waals surface area contributed by atoms with Gasteiger partial charge in [-0.25, -0.2) is 0 Å². The molecule has 0 aliphatic heterocycles. The molecule has 1 unspecified atom stereocenters. The standard InChI is InChI=1S/C10H13F3N2O2S/c11-10(12,13)17-6-1-2-7-8(5-6)18-9(14)15(7)3-4-16/h6,14,16H,1-5H2. The third-order valence-electron chi connectivity index (χ3n) is 2.85. The second-order valence-corrected chi connectivity index (χ2v) is 5.16. The average molecular weight is 282 g/mol. The van der Waals surface area contributed by atoms with Gasteiger partial charge in [0.25, 0.3) is 0 Å². The molecule has 102 valence electrons. The Morgan fingerprint density at radius 2 is 2.22 bits per heavy atom. The number of fused-ring (bicyclic) bond motifs is 1. The number of hydrogen-bond acceptors (Lipinski definition) is 4. The van der Waals surface area contributed by atoms with Crippen molar-refractivity contribution in [2.24, 2.45) is 0 Å². The first-order valence-corrected chi connectivity index (χ1v) is 6.33. The summed E-state index contributed by atoms with van der Waals surface area (Å²) in [5.41, 5.74) is 0.862. The molecule has 1 aliphatic carbocycles. The van der Waals surface area contributed by atoms with E-state index in [1.54, 1.807) is 4.57 Å². The predicted octanol–water partition coefficient (Wildman–Crippen LogP) is 1.42. The van der Waals surface area contributed by atoms with Crippen LogP contribution in [-0.4, -0.2) is 28.7 Å². The van der Waals surface area contributed by atoms with Crippen LogP contribution in [0.5, 0.6) is 0 Å². The number of hydrogen-bond donors (Lipinski definition) is 2. The summed E-state index contributed by atoms with van der Waals surface area (Å²) in [6.07, 6.45) is -4.55. The molecular formula is C10H13F3N2O2S. The van der Waals surface area contributed by atoms with Gasteiger partial charge in [0.05, 0.1) is 12.7 Å². The minimum absolute atomic E-state index is 0.0812. The van der Waals surface area contributed by atoms with E-state index in [-0.39, 0.29) is 24.2 Å². The highest BCUT2D eigenvalue weighted by molar-refractivity contribution is 7.09. The molecule has 1 atom stereocenters. The maximum atomic E-state index is 12.1. The lowest BCUT2D eigenvalue weighted by Gasteiger charge is -2.24. The van der Waals surface area contributed by atoms with Crippen molar-refractivity contribution in [2.45, 2.75) is 38.3 Å². The number of thiazole rings is 1. The van der Waals surface area contributed by atoms with E-state index in [0.717, 1.165) is 21.9 Å². The number of rotatable bonds is 3. The molecular weight excluding hydrogens is 269 g/mol. The Kier molecular flexibility index (Phi) is 3.79. The summed E-state index contributed by atoms with van der Waals surface area (Å²) in [6, 6.07) is 0. The monoisotopic (exact) mass is 282 g/mol. The molecule has 1 aromatic heterocycles. The first-order chi connectivity index (χ1) is 8.40. The van der Waals surface area contributed by atoms with Crippen molar-refractivity contribution in [3.63, 3.8) is 0 Å². The highest BCUT2D eigenvalue weighted by atomic mass is 32.1. The molecule has 0 spiro atoms. The summed E-state index contributed by atoms with van der Waals surface area (Å²) < 4.78 is 42.1. The first kappa shape index (κ1) is 13.6. The molecule has 1 aliphatic rings. The summed E-state index contributed by atoms with van der Waals surface area (Å²) in [7, 11) is 0. The molecule has 2 rings (SSSR count). The number of nitrogens with zero attached hydrogens (tertiary/aromatic N) is 1. The van der Waals surface area contributed by atoms with Crippen LogP contribution in [0, 0.1) is 5.41 Å². The quantitative estimate of drug-likeness (QED) is 0.880. The van der Waals surface area contributed by atoms with Gasteiger partial charge in [-0.2, -0.15) is 0 Å². The Hall–Kier alpha value is -0.860. The van der Waals surface area contributed by atoms with Crippen molar-refractivity contribution in [3.05, 3.63) is 15.4 Å². The number of aliphatic hydroxyl groups is 1. The van der Waals surface area contributed by atoms with E-state index >= 15 is 0 Å². The molecule has 0 bridgehead atoms. The summed E-state index contributed by atoms with van der Waals surface area (Å²) >= 11 is 1.16. The Morgan fingerprint density at radius 3 is 2.83 bits per heavy atom. The molecule has 2 N–H and O–H groups in total. The highest BCUT2D eigenvalue weighted by Gasteiger charge is 2.35. The van der Waals surface area contributed by atoms with Crippen LogP contribution in [0.25, 0.3) is 0 Å². The summed E-state index contributed by atoms with van der Waals surface area (Å²) in [6.45, 7) is 0.234. The van der Waals surface area contributed by atoms with Crippen molar-refractivity contribution in [1.82, 2.24) is 4.57 Å². The third kappa shape index (κ3) is 2.93. The topological polar surface area (TPSA) is 58.2 Å². The van der Waals surface area contributed by atoms with Gasteiger partial charge in [-0.15, -0.1) is 24.5 Å². The van der Waals surface area contributed by atoms with E-state index in [1.165, 1.54) is 0 Å². The van der Waals surface area contributed by atoms with Crippen LogP contribution in [-0.2, 0) is 24.1 Å². The molecule has 18 heavy (non-hydrogen) atoms. The van der Waals surface area contributed by atoms with E-state index in [9.17, 15) is 13.2 Å². The van der Waals surface area contributed by atoms with Crippen LogP contribution in [0.2, 0.25) is 0 Å². The molecule has 0 saturated carbocycles. The molecule has 0 aromatic carbocycles. The van der Waals surface area contributed by atoms with Crippen molar-refractivity contribution in [1.29, 1.82) is 5.41 Å². The molecule has 0 amide bonds. The minimum atomic E-state index is -4.61. The zero-order valence-corrected chi connectivity index (χ0v) is 10.3. The Labute approximate surface area is 105 Å². The van der Waals surface area contributed by atoms with E-state index in [4.69, 9.17) is 10.5 Å². The van der Waals surface area contributed by atoms with Crippen molar-refractivity contribution >= 4 is 11.3 Å². The van der Waals surface area contributed by atoms with Crippen molar-refractivity contribution in [3.8, 4) is 0 Å². The van der Waals surface area contributed by atoms with Gasteiger partial charge in [0, 0.05) is 23.5 Å². The minimum Gasteiger partial charge on any atom is -0.395 e. The lowest BCUT2D eigenvalue weighted by Crippen LogP contribution is -2.30. The van der Waals surface area contributed by atoms with Crippen LogP contribution < -0.4 is 4.80 Å². The summed E-state index contributed by atoms with van der Waals surface area (Å²) in [5, 5.41) is 16.6. The number of halogens is 3. The normalized spacial score (nSPS) is 19.9. The van der Waals surface area contributed by atoms with E-state index in [0.29, 0.717) is 13.0 Å². The molecule has 0 fully saturated rings. The molecule has 4 nitrogen and oxygen atoms in total. The zero-order chi connectivity index (χ0) is 13.3. The number of nitrogens with one attached hydrogen (secondary N) is 1. The van der Waals surface area contributed by atoms with Gasteiger partial charge in [-0.1, -0.05) is 0 Å². The highest BCUT2D eigenvalue weighted by Crippen LogP contribution is 2.29. The molecule has 1 aromatic rings. The van der Waals surface area contributed by atoms with Crippen LogP contribution in [0.15, 0.2) is 0 Å². The van der Waals surface area contributed by atoms with E-state index < -0.39 is 12.5 Å². The first-order valence-electron chi connectivity index (χ1n) is 5.52. The average Bonchev–Trinajstić information content (AvgIpc) is 2.53. The van der Waals surface area contributed by atoms with Gasteiger partial charge in [0.2, 0.25) is 0 Å². The number of ether oxygens (including phenoxy) is 1. The lowest BCUT2D eigenvalue weighted by atomic mass is 10.00.